The lowest BCUT2D eigenvalue weighted by Crippen LogP contribution is -2.34. The largest absolute Gasteiger partial charge is 0.487 e. The fourth-order valence-corrected chi connectivity index (χ4v) is 5.84. The molecule has 2 fully saturated rings. The van der Waals surface area contributed by atoms with Crippen molar-refractivity contribution < 1.29 is 19.1 Å². The van der Waals surface area contributed by atoms with E-state index in [1.807, 2.05) is 30.3 Å². The number of fused-ring (bicyclic) bond motifs is 1. The summed E-state index contributed by atoms with van der Waals surface area (Å²) >= 11 is 13.6. The number of carbonyl (C=O) groups excluding carboxylic acids is 2. The van der Waals surface area contributed by atoms with Crippen molar-refractivity contribution in [1.82, 2.24) is 15.3 Å². The normalized spacial score (nSPS) is 20.5. The number of benzene rings is 1. The molecule has 0 bridgehead atoms. The van der Waals surface area contributed by atoms with Gasteiger partial charge in [0.1, 0.15) is 28.6 Å². The topological polar surface area (TPSA) is 96.6 Å². The van der Waals surface area contributed by atoms with E-state index in [0.29, 0.717) is 38.9 Å². The molecule has 2 N–H and O–H groups in total. The second-order valence-electron chi connectivity index (χ2n) is 8.58. The number of rotatable bonds is 8. The molecule has 1 aliphatic carbocycles. The van der Waals surface area contributed by atoms with E-state index in [1.54, 1.807) is 13.8 Å². The number of piperidine rings is 1. The van der Waals surface area contributed by atoms with E-state index in [9.17, 15) is 9.59 Å². The number of aromatic amines is 1. The second kappa shape index (κ2) is 9.72. The Balaban J connectivity index is 1.24. The number of aromatic nitrogens is 2. The van der Waals surface area contributed by atoms with E-state index < -0.39 is 5.97 Å². The summed E-state index contributed by atoms with van der Waals surface area (Å²) in [5, 5.41) is 4.43. The number of para-hydroxylation sites is 1. The molecule has 8 nitrogen and oxygen atoms in total. The minimum atomic E-state index is -0.394. The number of thiazole rings is 1. The molecule has 11 heteroatoms. The van der Waals surface area contributed by atoms with Crippen LogP contribution in [-0.2, 0) is 11.3 Å². The fraction of sp³-hybridized carbons (Fsp3) is 0.375. The van der Waals surface area contributed by atoms with E-state index in [1.165, 1.54) is 11.3 Å². The third-order valence-corrected chi connectivity index (χ3v) is 8.39. The van der Waals surface area contributed by atoms with Gasteiger partial charge >= 0.3 is 5.97 Å². The molecular weight excluding hydrogens is 511 g/mol. The molecule has 1 saturated heterocycles. The third kappa shape index (κ3) is 4.72. The first-order valence-electron chi connectivity index (χ1n) is 11.3. The Morgan fingerprint density at radius 1 is 1.20 bits per heavy atom. The summed E-state index contributed by atoms with van der Waals surface area (Å²) in [6, 6.07) is 9.47. The summed E-state index contributed by atoms with van der Waals surface area (Å²) in [4.78, 5) is 35.5. The maximum atomic E-state index is 12.7. The average Bonchev–Trinajstić information content (AvgIpc) is 3.23. The van der Waals surface area contributed by atoms with Crippen LogP contribution < -0.4 is 15.0 Å². The number of nitrogens with one attached hydrogen (secondary N) is 2. The Morgan fingerprint density at radius 2 is 1.91 bits per heavy atom. The number of ether oxygens (including phenoxy) is 2. The molecule has 1 aliphatic heterocycles. The summed E-state index contributed by atoms with van der Waals surface area (Å²) in [5.41, 5.74) is 1.52. The molecule has 1 aromatic carbocycles. The lowest BCUT2D eigenvalue weighted by molar-refractivity contribution is 0.0528. The molecular formula is C24H24Cl2N4O4S. The number of halogens is 2. The number of anilines is 1. The van der Waals surface area contributed by atoms with Crippen LogP contribution in [0.15, 0.2) is 30.3 Å². The van der Waals surface area contributed by atoms with Gasteiger partial charge in [0, 0.05) is 36.7 Å². The molecule has 184 valence electrons. The van der Waals surface area contributed by atoms with E-state index in [-0.39, 0.29) is 35.9 Å². The van der Waals surface area contributed by atoms with Crippen molar-refractivity contribution in [3.63, 3.8) is 0 Å². The summed E-state index contributed by atoms with van der Waals surface area (Å²) in [7, 11) is 0. The van der Waals surface area contributed by atoms with Crippen LogP contribution in [0.3, 0.4) is 0 Å². The number of H-pyrrole nitrogens is 1. The minimum Gasteiger partial charge on any atom is -0.487 e. The number of nitrogens with zero attached hydrogens (tertiary/aromatic N) is 2. The molecule has 5 rings (SSSR count). The highest BCUT2D eigenvalue weighted by Crippen LogP contribution is 2.48. The van der Waals surface area contributed by atoms with Crippen LogP contribution >= 0.6 is 34.5 Å². The molecule has 3 atom stereocenters. The van der Waals surface area contributed by atoms with Gasteiger partial charge in [-0.25, -0.2) is 9.78 Å². The van der Waals surface area contributed by atoms with Crippen molar-refractivity contribution in [3.05, 3.63) is 62.3 Å². The smallest absolute Gasteiger partial charge is 0.350 e. The third-order valence-electron chi connectivity index (χ3n) is 6.31. The molecule has 1 amide bonds. The first-order valence-corrected chi connectivity index (χ1v) is 12.9. The molecule has 0 radical (unpaired) electrons. The zero-order chi connectivity index (χ0) is 24.7. The maximum Gasteiger partial charge on any atom is 0.350 e. The highest BCUT2D eigenvalue weighted by Gasteiger charge is 2.57. The van der Waals surface area contributed by atoms with Crippen molar-refractivity contribution in [2.24, 2.45) is 11.8 Å². The highest BCUT2D eigenvalue weighted by atomic mass is 35.5. The molecule has 0 spiro atoms. The molecule has 2 aliphatic rings. The van der Waals surface area contributed by atoms with Crippen LogP contribution in [0, 0.1) is 18.8 Å². The van der Waals surface area contributed by atoms with E-state index in [4.69, 9.17) is 37.7 Å². The Bertz CT molecular complexity index is 1250. The minimum absolute atomic E-state index is 0.0718. The fourth-order valence-electron chi connectivity index (χ4n) is 4.45. The molecule has 3 heterocycles. The molecule has 35 heavy (non-hydrogen) atoms. The lowest BCUT2D eigenvalue weighted by atomic mass is 10.3. The van der Waals surface area contributed by atoms with Gasteiger partial charge in [-0.15, -0.1) is 0 Å². The lowest BCUT2D eigenvalue weighted by Gasteiger charge is -2.19. The van der Waals surface area contributed by atoms with Gasteiger partial charge in [0.25, 0.3) is 5.91 Å². The van der Waals surface area contributed by atoms with Gasteiger partial charge in [0.15, 0.2) is 5.13 Å². The van der Waals surface area contributed by atoms with Crippen LogP contribution in [0.1, 0.15) is 38.5 Å². The second-order valence-corrected chi connectivity index (χ2v) is 10.3. The number of amides is 1. The van der Waals surface area contributed by atoms with Crippen molar-refractivity contribution in [2.45, 2.75) is 26.5 Å². The number of esters is 1. The van der Waals surface area contributed by atoms with Crippen molar-refractivity contribution in [1.29, 1.82) is 0 Å². The van der Waals surface area contributed by atoms with Crippen LogP contribution in [-0.4, -0.2) is 47.6 Å². The summed E-state index contributed by atoms with van der Waals surface area (Å²) in [5.74, 6) is 0.673. The first-order chi connectivity index (χ1) is 16.9. The molecule has 0 unspecified atom stereocenters. The zero-order valence-corrected chi connectivity index (χ0v) is 21.5. The van der Waals surface area contributed by atoms with Gasteiger partial charge in [-0.1, -0.05) is 52.7 Å². The van der Waals surface area contributed by atoms with Gasteiger partial charge in [0.05, 0.1) is 16.7 Å². The van der Waals surface area contributed by atoms with Crippen LogP contribution in [0.2, 0.25) is 10.0 Å². The Morgan fingerprint density at radius 3 is 2.54 bits per heavy atom. The first kappa shape index (κ1) is 24.0. The Labute approximate surface area is 216 Å². The SMILES string of the molecule is CCOC(=O)c1sc(N2C[C@@H]3[C@H](C2)[C@H]3NC(=O)c2[nH]c(C)c(Cl)c2Cl)nc1COc1ccccc1. The number of aryl methyl sites for hydroxylation is 1. The molecule has 3 aromatic rings. The molecule has 1 saturated carbocycles. The van der Waals surface area contributed by atoms with Gasteiger partial charge in [-0.3, -0.25) is 4.79 Å². The standard InChI is InChI=1S/C24H24Cl2N4O4S/c1-3-33-23(32)21-16(11-34-13-7-5-4-6-8-13)28-24(35-21)30-9-14-15(10-30)19(14)29-22(31)20-18(26)17(25)12(2)27-20/h4-8,14-15,19,27H,3,9-11H2,1-2H3,(H,29,31)/t14-,15+,19+. The number of hydrogen-bond donors (Lipinski definition) is 2. The van der Waals surface area contributed by atoms with Crippen molar-refractivity contribution in [2.75, 3.05) is 24.6 Å². The summed E-state index contributed by atoms with van der Waals surface area (Å²) in [6.45, 7) is 5.48. The number of hydrogen-bond acceptors (Lipinski definition) is 7. The quantitative estimate of drug-likeness (QED) is 0.406. The Kier molecular flexibility index (Phi) is 6.65. The monoisotopic (exact) mass is 534 g/mol. The average molecular weight is 535 g/mol. The van der Waals surface area contributed by atoms with E-state index in [0.717, 1.165) is 18.2 Å². The predicted molar refractivity (Wildman–Crippen MR) is 135 cm³/mol. The molecule has 2 aromatic heterocycles. The van der Waals surface area contributed by atoms with Gasteiger partial charge < -0.3 is 24.7 Å². The highest BCUT2D eigenvalue weighted by molar-refractivity contribution is 7.17. The summed E-state index contributed by atoms with van der Waals surface area (Å²) in [6.07, 6.45) is 0. The van der Waals surface area contributed by atoms with Gasteiger partial charge in [-0.2, -0.15) is 0 Å². The maximum absolute atomic E-state index is 12.7. The number of carbonyl (C=O) groups is 2. The van der Waals surface area contributed by atoms with Crippen LogP contribution in [0.25, 0.3) is 0 Å². The zero-order valence-electron chi connectivity index (χ0n) is 19.1. The van der Waals surface area contributed by atoms with Crippen LogP contribution in [0.5, 0.6) is 5.75 Å². The van der Waals surface area contributed by atoms with Gasteiger partial charge in [0.2, 0.25) is 0 Å². The predicted octanol–water partition coefficient (Wildman–Crippen LogP) is 4.71. The van der Waals surface area contributed by atoms with E-state index >= 15 is 0 Å². The van der Waals surface area contributed by atoms with Gasteiger partial charge in [-0.05, 0) is 26.0 Å². The van der Waals surface area contributed by atoms with E-state index in [2.05, 4.69) is 15.2 Å². The Hall–Kier alpha value is -2.75. The van der Waals surface area contributed by atoms with Crippen LogP contribution in [0.4, 0.5) is 5.13 Å². The van der Waals surface area contributed by atoms with Crippen molar-refractivity contribution >= 4 is 51.5 Å². The van der Waals surface area contributed by atoms with Crippen molar-refractivity contribution in [3.8, 4) is 5.75 Å². The summed E-state index contributed by atoms with van der Waals surface area (Å²) < 4.78 is 11.1.